The molecule has 0 saturated carbocycles. The second-order valence-electron chi connectivity index (χ2n) is 5.23. The summed E-state index contributed by atoms with van der Waals surface area (Å²) in [4.78, 5) is 30.0. The predicted octanol–water partition coefficient (Wildman–Crippen LogP) is 2.95. The van der Waals surface area contributed by atoms with Gasteiger partial charge in [-0.1, -0.05) is 12.1 Å². The zero-order chi connectivity index (χ0) is 17.1. The lowest BCUT2D eigenvalue weighted by molar-refractivity contribution is -0.134. The molecule has 1 aliphatic rings. The highest BCUT2D eigenvalue weighted by Gasteiger charge is 2.31. The van der Waals surface area contributed by atoms with Gasteiger partial charge in [0.15, 0.2) is 11.9 Å². The number of nitrogens with zero attached hydrogens (tertiary/aromatic N) is 2. The first-order chi connectivity index (χ1) is 11.6. The van der Waals surface area contributed by atoms with E-state index in [0.717, 1.165) is 0 Å². The van der Waals surface area contributed by atoms with Crippen LogP contribution in [0.25, 0.3) is 0 Å². The maximum absolute atomic E-state index is 12.3. The minimum absolute atomic E-state index is 0.0636. The van der Waals surface area contributed by atoms with Gasteiger partial charge in [0.1, 0.15) is 10.4 Å². The second kappa shape index (κ2) is 7.00. The third kappa shape index (κ3) is 3.41. The van der Waals surface area contributed by atoms with Crippen molar-refractivity contribution in [2.45, 2.75) is 19.4 Å². The van der Waals surface area contributed by atoms with Gasteiger partial charge in [0.05, 0.1) is 12.1 Å². The monoisotopic (exact) mass is 390 g/mol. The molecule has 0 N–H and O–H groups in total. The fourth-order valence-corrected chi connectivity index (χ4v) is 2.74. The van der Waals surface area contributed by atoms with Crippen molar-refractivity contribution in [3.8, 4) is 11.5 Å². The van der Waals surface area contributed by atoms with Crippen LogP contribution >= 0.6 is 15.9 Å². The number of pyridine rings is 1. The Morgan fingerprint density at radius 1 is 1.33 bits per heavy atom. The number of anilines is 1. The summed E-state index contributed by atoms with van der Waals surface area (Å²) in [7, 11) is 0. The van der Waals surface area contributed by atoms with Crippen LogP contribution in [0.1, 0.15) is 13.3 Å². The van der Waals surface area contributed by atoms with Crippen molar-refractivity contribution < 1.29 is 19.1 Å². The number of benzene rings is 1. The van der Waals surface area contributed by atoms with E-state index in [1.807, 2.05) is 12.1 Å². The SMILES string of the molecule is CC1Oc2ccccc2N(CCC(=O)Oc2cccnc2Br)C1=O. The molecule has 1 amide bonds. The Morgan fingerprint density at radius 2 is 2.12 bits per heavy atom. The van der Waals surface area contributed by atoms with E-state index in [4.69, 9.17) is 9.47 Å². The Labute approximate surface area is 147 Å². The van der Waals surface area contributed by atoms with Crippen molar-refractivity contribution in [2.75, 3.05) is 11.4 Å². The maximum atomic E-state index is 12.3. The summed E-state index contributed by atoms with van der Waals surface area (Å²) in [5, 5.41) is 0. The van der Waals surface area contributed by atoms with Crippen molar-refractivity contribution in [1.29, 1.82) is 0 Å². The molecule has 1 aromatic carbocycles. The molecule has 0 aliphatic carbocycles. The van der Waals surface area contributed by atoms with E-state index in [9.17, 15) is 9.59 Å². The molecule has 3 rings (SSSR count). The summed E-state index contributed by atoms with van der Waals surface area (Å²) in [5.74, 6) is 0.370. The van der Waals surface area contributed by atoms with E-state index >= 15 is 0 Å². The molecule has 0 radical (unpaired) electrons. The van der Waals surface area contributed by atoms with E-state index in [1.54, 1.807) is 42.3 Å². The first-order valence-electron chi connectivity index (χ1n) is 7.44. The second-order valence-corrected chi connectivity index (χ2v) is 5.99. The number of amides is 1. The van der Waals surface area contributed by atoms with E-state index in [1.165, 1.54) is 0 Å². The summed E-state index contributed by atoms with van der Waals surface area (Å²) in [6.45, 7) is 1.91. The van der Waals surface area contributed by atoms with Crippen LogP contribution in [0.5, 0.6) is 11.5 Å². The van der Waals surface area contributed by atoms with Crippen molar-refractivity contribution in [3.63, 3.8) is 0 Å². The van der Waals surface area contributed by atoms with Crippen LogP contribution < -0.4 is 14.4 Å². The number of ether oxygens (including phenoxy) is 2. The number of para-hydroxylation sites is 2. The molecule has 6 nitrogen and oxygen atoms in total. The molecule has 0 spiro atoms. The van der Waals surface area contributed by atoms with E-state index < -0.39 is 12.1 Å². The first-order valence-corrected chi connectivity index (χ1v) is 8.24. The van der Waals surface area contributed by atoms with Gasteiger partial charge in [-0.05, 0) is 47.1 Å². The third-order valence-corrected chi connectivity index (χ3v) is 4.16. The molecule has 0 bridgehead atoms. The van der Waals surface area contributed by atoms with Crippen LogP contribution in [0.4, 0.5) is 5.69 Å². The van der Waals surface area contributed by atoms with Gasteiger partial charge in [0, 0.05) is 12.7 Å². The fraction of sp³-hybridized carbons (Fsp3) is 0.235. The Kier molecular flexibility index (Phi) is 4.80. The number of fused-ring (bicyclic) bond motifs is 1. The van der Waals surface area contributed by atoms with Crippen molar-refractivity contribution in [1.82, 2.24) is 4.98 Å². The molecule has 2 aromatic rings. The number of halogens is 1. The van der Waals surface area contributed by atoms with Crippen molar-refractivity contribution >= 4 is 33.5 Å². The van der Waals surface area contributed by atoms with Crippen LogP contribution in [0, 0.1) is 0 Å². The normalized spacial score (nSPS) is 16.3. The first kappa shape index (κ1) is 16.4. The minimum atomic E-state index is -0.580. The van der Waals surface area contributed by atoms with Gasteiger partial charge in [-0.3, -0.25) is 9.59 Å². The third-order valence-electron chi connectivity index (χ3n) is 3.56. The lowest BCUT2D eigenvalue weighted by atomic mass is 10.2. The number of aromatic nitrogens is 1. The molecule has 1 aromatic heterocycles. The number of esters is 1. The average molecular weight is 391 g/mol. The zero-order valence-electron chi connectivity index (χ0n) is 12.9. The Hall–Kier alpha value is -2.41. The molecular weight excluding hydrogens is 376 g/mol. The lowest BCUT2D eigenvalue weighted by Crippen LogP contribution is -2.45. The molecule has 1 aliphatic heterocycles. The molecule has 2 heterocycles. The summed E-state index contributed by atoms with van der Waals surface area (Å²) in [6.07, 6.45) is 1.07. The molecule has 1 atom stereocenters. The summed E-state index contributed by atoms with van der Waals surface area (Å²) in [5.41, 5.74) is 0.663. The number of carbonyl (C=O) groups is 2. The Bertz CT molecular complexity index is 781. The van der Waals surface area contributed by atoms with Crippen LogP contribution in [0.2, 0.25) is 0 Å². The molecular formula is C17H15BrN2O4. The van der Waals surface area contributed by atoms with Gasteiger partial charge >= 0.3 is 5.97 Å². The standard InChI is InChI=1S/C17H15BrN2O4/c1-11-17(22)20(12-5-2-3-6-13(12)23-11)10-8-15(21)24-14-7-4-9-19-16(14)18/h2-7,9,11H,8,10H2,1H3. The lowest BCUT2D eigenvalue weighted by Gasteiger charge is -2.32. The van der Waals surface area contributed by atoms with Crippen LogP contribution in [-0.2, 0) is 9.59 Å². The van der Waals surface area contributed by atoms with E-state index in [0.29, 0.717) is 21.8 Å². The van der Waals surface area contributed by atoms with Crippen molar-refractivity contribution in [2.24, 2.45) is 0 Å². The topological polar surface area (TPSA) is 68.7 Å². The number of hydrogen-bond acceptors (Lipinski definition) is 5. The van der Waals surface area contributed by atoms with E-state index in [-0.39, 0.29) is 18.9 Å². The highest BCUT2D eigenvalue weighted by Crippen LogP contribution is 2.33. The molecule has 0 saturated heterocycles. The zero-order valence-corrected chi connectivity index (χ0v) is 14.5. The van der Waals surface area contributed by atoms with Crippen LogP contribution in [0.15, 0.2) is 47.2 Å². The van der Waals surface area contributed by atoms with Gasteiger partial charge in [-0.15, -0.1) is 0 Å². The Balaban J connectivity index is 1.68. The van der Waals surface area contributed by atoms with Gasteiger partial charge in [-0.25, -0.2) is 4.98 Å². The predicted molar refractivity (Wildman–Crippen MR) is 91.1 cm³/mol. The number of carbonyl (C=O) groups excluding carboxylic acids is 2. The fourth-order valence-electron chi connectivity index (χ4n) is 2.41. The average Bonchev–Trinajstić information content (AvgIpc) is 2.57. The van der Waals surface area contributed by atoms with Crippen LogP contribution in [0.3, 0.4) is 0 Å². The summed E-state index contributed by atoms with van der Waals surface area (Å²) < 4.78 is 11.3. The van der Waals surface area contributed by atoms with E-state index in [2.05, 4.69) is 20.9 Å². The molecule has 124 valence electrons. The molecule has 7 heteroatoms. The van der Waals surface area contributed by atoms with Gasteiger partial charge < -0.3 is 14.4 Å². The minimum Gasteiger partial charge on any atom is -0.479 e. The summed E-state index contributed by atoms with van der Waals surface area (Å²) >= 11 is 3.22. The highest BCUT2D eigenvalue weighted by atomic mass is 79.9. The van der Waals surface area contributed by atoms with Gasteiger partial charge in [0.25, 0.3) is 5.91 Å². The van der Waals surface area contributed by atoms with Crippen molar-refractivity contribution in [3.05, 3.63) is 47.2 Å². The molecule has 1 unspecified atom stereocenters. The number of rotatable bonds is 4. The number of hydrogen-bond donors (Lipinski definition) is 0. The summed E-state index contributed by atoms with van der Waals surface area (Å²) in [6, 6.07) is 10.6. The smallest absolute Gasteiger partial charge is 0.313 e. The molecule has 24 heavy (non-hydrogen) atoms. The quantitative estimate of drug-likeness (QED) is 0.592. The largest absolute Gasteiger partial charge is 0.479 e. The van der Waals surface area contributed by atoms with Crippen LogP contribution in [-0.4, -0.2) is 29.5 Å². The van der Waals surface area contributed by atoms with Gasteiger partial charge in [0.2, 0.25) is 0 Å². The molecule has 0 fully saturated rings. The highest BCUT2D eigenvalue weighted by molar-refractivity contribution is 9.10. The maximum Gasteiger partial charge on any atom is 0.313 e. The Morgan fingerprint density at radius 3 is 2.92 bits per heavy atom. The van der Waals surface area contributed by atoms with Gasteiger partial charge in [-0.2, -0.15) is 0 Å².